The molecule has 2 aliphatic rings. The number of sulfonamides is 1. The van der Waals surface area contributed by atoms with Gasteiger partial charge in [0.05, 0.1) is 24.5 Å². The van der Waals surface area contributed by atoms with E-state index in [-0.39, 0.29) is 35.4 Å². The Bertz CT molecular complexity index is 1120. The molecule has 0 saturated heterocycles. The van der Waals surface area contributed by atoms with Gasteiger partial charge in [0, 0.05) is 17.3 Å². The van der Waals surface area contributed by atoms with Gasteiger partial charge in [-0.3, -0.25) is 4.79 Å². The van der Waals surface area contributed by atoms with Crippen molar-refractivity contribution in [2.24, 2.45) is 0 Å². The molecule has 1 fully saturated rings. The van der Waals surface area contributed by atoms with Crippen molar-refractivity contribution in [2.75, 3.05) is 12.4 Å². The molecule has 1 aliphatic carbocycles. The summed E-state index contributed by atoms with van der Waals surface area (Å²) in [4.78, 5) is 13.4. The van der Waals surface area contributed by atoms with Crippen LogP contribution in [0.4, 0.5) is 0 Å². The zero-order valence-electron chi connectivity index (χ0n) is 20.6. The van der Waals surface area contributed by atoms with Crippen LogP contribution < -0.4 is 10.3 Å². The summed E-state index contributed by atoms with van der Waals surface area (Å²) in [5.74, 6) is 0.693. The predicted molar refractivity (Wildman–Crippen MR) is 136 cm³/mol. The molecule has 4 rings (SSSR count). The number of nitrogens with zero attached hydrogens (tertiary/aromatic N) is 1. The number of hydrogen-bond acceptors (Lipinski definition) is 4. The van der Waals surface area contributed by atoms with Crippen LogP contribution in [-0.4, -0.2) is 37.5 Å². The van der Waals surface area contributed by atoms with Crippen molar-refractivity contribution in [3.05, 3.63) is 69.6 Å². The Morgan fingerprint density at radius 3 is 2.38 bits per heavy atom. The van der Waals surface area contributed by atoms with E-state index < -0.39 is 10.0 Å². The number of hydrogen-bond donors (Lipinski definition) is 1. The number of nitrogens with one attached hydrogen (secondary N) is 1. The molecule has 1 aromatic carbocycles. The standard InChI is InChI=1S/C27H38N2O4S/c1-4-34(31,32)28-25-17-13-22-12-16-24(19(2)3)27(30)29(22)26(25)18-33-23-14-10-21(11-15-23)20-8-6-5-7-9-20/h5-9,12,16,19,21,23,25-26,28H,4,10-11,13-15,17-18H2,1-3H3. The third-order valence-electron chi connectivity index (χ3n) is 7.52. The van der Waals surface area contributed by atoms with E-state index in [1.807, 2.05) is 30.5 Å². The summed E-state index contributed by atoms with van der Waals surface area (Å²) >= 11 is 0. The van der Waals surface area contributed by atoms with Crippen LogP contribution >= 0.6 is 0 Å². The minimum absolute atomic E-state index is 0.0192. The second-order valence-electron chi connectivity index (χ2n) is 10.1. The second kappa shape index (κ2) is 10.8. The molecule has 0 amide bonds. The first-order chi connectivity index (χ1) is 16.3. The number of aryl methyl sites for hydroxylation is 1. The fraction of sp³-hybridized carbons (Fsp3) is 0.593. The maximum Gasteiger partial charge on any atom is 0.254 e. The van der Waals surface area contributed by atoms with Gasteiger partial charge in [-0.1, -0.05) is 50.2 Å². The second-order valence-corrected chi connectivity index (χ2v) is 12.1. The van der Waals surface area contributed by atoms with E-state index in [0.29, 0.717) is 25.4 Å². The van der Waals surface area contributed by atoms with Gasteiger partial charge in [0.15, 0.2) is 0 Å². The fourth-order valence-corrected chi connectivity index (χ4v) is 6.36. The first-order valence-electron chi connectivity index (χ1n) is 12.7. The number of fused-ring (bicyclic) bond motifs is 1. The molecule has 186 valence electrons. The maximum atomic E-state index is 13.4. The first kappa shape index (κ1) is 25.1. The molecule has 7 heteroatoms. The molecule has 1 N–H and O–H groups in total. The molecule has 6 nitrogen and oxygen atoms in total. The summed E-state index contributed by atoms with van der Waals surface area (Å²) in [6.45, 7) is 6.01. The molecule has 0 spiro atoms. The first-order valence-corrected chi connectivity index (χ1v) is 14.3. The minimum atomic E-state index is -3.40. The van der Waals surface area contributed by atoms with Crippen LogP contribution in [0.3, 0.4) is 0 Å². The van der Waals surface area contributed by atoms with Gasteiger partial charge in [-0.05, 0) is 68.9 Å². The van der Waals surface area contributed by atoms with Gasteiger partial charge in [0.2, 0.25) is 10.0 Å². The molecule has 1 aliphatic heterocycles. The van der Waals surface area contributed by atoms with E-state index in [1.165, 1.54) is 5.56 Å². The lowest BCUT2D eigenvalue weighted by Crippen LogP contribution is -2.50. The van der Waals surface area contributed by atoms with Crippen LogP contribution in [0.5, 0.6) is 0 Å². The lowest BCUT2D eigenvalue weighted by Gasteiger charge is -2.37. The van der Waals surface area contributed by atoms with Crippen molar-refractivity contribution in [2.45, 2.75) is 89.3 Å². The van der Waals surface area contributed by atoms with Crippen LogP contribution in [0.25, 0.3) is 0 Å². The Hall–Kier alpha value is -1.96. The highest BCUT2D eigenvalue weighted by Crippen LogP contribution is 2.35. The van der Waals surface area contributed by atoms with Crippen LogP contribution in [0.2, 0.25) is 0 Å². The number of aromatic nitrogens is 1. The molecule has 1 aromatic heterocycles. The van der Waals surface area contributed by atoms with Gasteiger partial charge in [-0.15, -0.1) is 0 Å². The van der Waals surface area contributed by atoms with E-state index in [0.717, 1.165) is 36.9 Å². The molecule has 2 unspecified atom stereocenters. The SMILES string of the molecule is CCS(=O)(=O)NC1CCc2ccc(C(C)C)c(=O)n2C1COC1CCC(c2ccccc2)CC1. The third-order valence-corrected chi connectivity index (χ3v) is 8.94. The summed E-state index contributed by atoms with van der Waals surface area (Å²) in [5.41, 5.74) is 3.09. The van der Waals surface area contributed by atoms with E-state index >= 15 is 0 Å². The fourth-order valence-electron chi connectivity index (χ4n) is 5.45. The maximum absolute atomic E-state index is 13.4. The van der Waals surface area contributed by atoms with Gasteiger partial charge < -0.3 is 9.30 Å². The Balaban J connectivity index is 1.51. The topological polar surface area (TPSA) is 77.4 Å². The monoisotopic (exact) mass is 486 g/mol. The van der Waals surface area contributed by atoms with Crippen molar-refractivity contribution in [3.63, 3.8) is 0 Å². The van der Waals surface area contributed by atoms with Crippen LogP contribution in [-0.2, 0) is 21.2 Å². The summed E-state index contributed by atoms with van der Waals surface area (Å²) in [6.07, 6.45) is 5.59. The molecular weight excluding hydrogens is 448 g/mol. The number of rotatable bonds is 8. The van der Waals surface area contributed by atoms with Crippen molar-refractivity contribution in [1.29, 1.82) is 0 Å². The molecule has 0 bridgehead atoms. The van der Waals surface area contributed by atoms with Gasteiger partial charge in [0.1, 0.15) is 0 Å². The Morgan fingerprint density at radius 1 is 1.03 bits per heavy atom. The van der Waals surface area contributed by atoms with Gasteiger partial charge in [0.25, 0.3) is 5.56 Å². The molecule has 2 heterocycles. The van der Waals surface area contributed by atoms with Crippen LogP contribution in [0.1, 0.15) is 87.6 Å². The molecule has 2 atom stereocenters. The van der Waals surface area contributed by atoms with Crippen molar-refractivity contribution in [1.82, 2.24) is 9.29 Å². The Labute approximate surface area is 203 Å². The van der Waals surface area contributed by atoms with Gasteiger partial charge in [-0.2, -0.15) is 0 Å². The number of pyridine rings is 1. The molecule has 2 aromatic rings. The van der Waals surface area contributed by atoms with Crippen LogP contribution in [0.15, 0.2) is 47.3 Å². The Morgan fingerprint density at radius 2 is 1.74 bits per heavy atom. The normalized spacial score (nSPS) is 25.3. The van der Waals surface area contributed by atoms with Crippen molar-refractivity contribution in [3.8, 4) is 0 Å². The lowest BCUT2D eigenvalue weighted by atomic mass is 9.83. The third kappa shape index (κ3) is 5.64. The van der Waals surface area contributed by atoms with Crippen molar-refractivity contribution < 1.29 is 13.2 Å². The number of ether oxygens (including phenoxy) is 1. The minimum Gasteiger partial charge on any atom is -0.376 e. The quantitative estimate of drug-likeness (QED) is 0.596. The van der Waals surface area contributed by atoms with E-state index in [1.54, 1.807) is 6.92 Å². The molecular formula is C27H38N2O4S. The summed E-state index contributed by atoms with van der Waals surface area (Å²) < 4.78 is 35.9. The Kier molecular flexibility index (Phi) is 7.95. The summed E-state index contributed by atoms with van der Waals surface area (Å²) in [6, 6.07) is 13.9. The zero-order valence-corrected chi connectivity index (χ0v) is 21.4. The lowest BCUT2D eigenvalue weighted by molar-refractivity contribution is -0.00172. The van der Waals surface area contributed by atoms with Gasteiger partial charge >= 0.3 is 0 Å². The molecule has 0 radical (unpaired) electrons. The van der Waals surface area contributed by atoms with E-state index in [9.17, 15) is 13.2 Å². The van der Waals surface area contributed by atoms with Crippen molar-refractivity contribution >= 4 is 10.0 Å². The van der Waals surface area contributed by atoms with E-state index in [4.69, 9.17) is 4.74 Å². The smallest absolute Gasteiger partial charge is 0.254 e. The largest absolute Gasteiger partial charge is 0.376 e. The highest BCUT2D eigenvalue weighted by molar-refractivity contribution is 7.89. The van der Waals surface area contributed by atoms with Gasteiger partial charge in [-0.25, -0.2) is 13.1 Å². The van der Waals surface area contributed by atoms with Crippen LogP contribution in [0, 0.1) is 0 Å². The molecule has 34 heavy (non-hydrogen) atoms. The number of benzene rings is 1. The van der Waals surface area contributed by atoms with E-state index in [2.05, 4.69) is 35.1 Å². The zero-order chi connectivity index (χ0) is 24.3. The highest BCUT2D eigenvalue weighted by atomic mass is 32.2. The summed E-state index contributed by atoms with van der Waals surface area (Å²) in [7, 11) is -3.40. The molecule has 1 saturated carbocycles. The summed E-state index contributed by atoms with van der Waals surface area (Å²) in [5, 5.41) is 0. The predicted octanol–water partition coefficient (Wildman–Crippen LogP) is 4.51. The average molecular weight is 487 g/mol. The average Bonchev–Trinajstić information content (AvgIpc) is 2.84. The highest BCUT2D eigenvalue weighted by Gasteiger charge is 2.34.